The summed E-state index contributed by atoms with van der Waals surface area (Å²) < 4.78 is 22.2. The number of fused-ring (bicyclic) bond motifs is 4. The highest BCUT2D eigenvalue weighted by molar-refractivity contribution is 5.75. The van der Waals surface area contributed by atoms with Crippen LogP contribution in [0.3, 0.4) is 0 Å². The third-order valence-electron chi connectivity index (χ3n) is 9.16. The molecule has 3 fully saturated rings. The molecule has 0 aromatic heterocycles. The second-order valence-corrected chi connectivity index (χ2v) is 11.3. The van der Waals surface area contributed by atoms with Gasteiger partial charge in [-0.05, 0) is 93.2 Å². The molecule has 2 aliphatic carbocycles. The lowest BCUT2D eigenvalue weighted by molar-refractivity contribution is -0.171. The van der Waals surface area contributed by atoms with Gasteiger partial charge in [0.1, 0.15) is 11.9 Å². The Morgan fingerprint density at radius 3 is 2.92 bits per heavy atom. The molecule has 8 nitrogen and oxygen atoms in total. The largest absolute Gasteiger partial charge is 0.482 e. The summed E-state index contributed by atoms with van der Waals surface area (Å²) in [6.07, 6.45) is 6.14. The summed E-state index contributed by atoms with van der Waals surface area (Å²) in [6.45, 7) is 4.20. The molecule has 4 aliphatic rings. The van der Waals surface area contributed by atoms with E-state index in [0.717, 1.165) is 69.2 Å². The molecule has 5 rings (SSSR count). The van der Waals surface area contributed by atoms with Gasteiger partial charge >= 0.3 is 11.9 Å². The molecule has 0 radical (unpaired) electrons. The minimum Gasteiger partial charge on any atom is -0.482 e. The number of aliphatic hydroxyl groups excluding tert-OH is 1. The molecule has 0 spiro atoms. The number of aliphatic hydroxyl groups is 1. The Kier molecular flexibility index (Phi) is 8.37. The molecule has 2 aliphatic heterocycles. The van der Waals surface area contributed by atoms with Crippen molar-refractivity contribution < 1.29 is 33.6 Å². The average molecular weight is 516 g/mol. The predicted molar refractivity (Wildman–Crippen MR) is 136 cm³/mol. The van der Waals surface area contributed by atoms with Gasteiger partial charge < -0.3 is 24.1 Å². The Bertz CT molecular complexity index is 968. The minimum atomic E-state index is -0.497. The third kappa shape index (κ3) is 5.96. The van der Waals surface area contributed by atoms with Gasteiger partial charge in [-0.3, -0.25) is 4.90 Å². The highest BCUT2D eigenvalue weighted by Gasteiger charge is 2.45. The molecule has 2 saturated heterocycles. The smallest absolute Gasteiger partial charge is 0.343 e. The van der Waals surface area contributed by atoms with Crippen molar-refractivity contribution in [3.8, 4) is 5.75 Å². The van der Waals surface area contributed by atoms with E-state index < -0.39 is 12.1 Å². The average Bonchev–Trinajstić information content (AvgIpc) is 3.21. The fraction of sp³-hybridized carbons (Fsp3) is 0.724. The van der Waals surface area contributed by atoms with Crippen molar-refractivity contribution in [1.29, 1.82) is 0 Å². The molecule has 204 valence electrons. The lowest BCUT2D eigenvalue weighted by atomic mass is 9.73. The second kappa shape index (κ2) is 11.7. The van der Waals surface area contributed by atoms with Crippen molar-refractivity contribution in [3.05, 3.63) is 29.3 Å². The zero-order valence-corrected chi connectivity index (χ0v) is 22.1. The van der Waals surface area contributed by atoms with Gasteiger partial charge in [0.2, 0.25) is 0 Å². The monoisotopic (exact) mass is 515 g/mol. The van der Waals surface area contributed by atoms with E-state index in [-0.39, 0.29) is 30.7 Å². The van der Waals surface area contributed by atoms with Gasteiger partial charge in [-0.2, -0.15) is 0 Å². The summed E-state index contributed by atoms with van der Waals surface area (Å²) in [5.74, 6) is 1.07. The number of hydrogen-bond acceptors (Lipinski definition) is 8. The Balaban J connectivity index is 1.22. The van der Waals surface area contributed by atoms with Crippen LogP contribution in [0.15, 0.2) is 18.2 Å². The van der Waals surface area contributed by atoms with Crippen LogP contribution in [0.2, 0.25) is 0 Å². The van der Waals surface area contributed by atoms with Gasteiger partial charge in [0.25, 0.3) is 0 Å². The summed E-state index contributed by atoms with van der Waals surface area (Å²) in [5.41, 5.74) is 2.39. The van der Waals surface area contributed by atoms with Gasteiger partial charge in [-0.1, -0.05) is 12.1 Å². The zero-order valence-electron chi connectivity index (χ0n) is 22.1. The number of hydrogen-bond donors (Lipinski definition) is 1. The van der Waals surface area contributed by atoms with Gasteiger partial charge in [0.15, 0.2) is 12.7 Å². The van der Waals surface area contributed by atoms with E-state index >= 15 is 0 Å². The molecular formula is C29H41NO7. The van der Waals surface area contributed by atoms with Crippen LogP contribution < -0.4 is 4.74 Å². The number of rotatable bonds is 6. The first-order valence-electron chi connectivity index (χ1n) is 14.0. The quantitative estimate of drug-likeness (QED) is 0.578. The van der Waals surface area contributed by atoms with E-state index in [4.69, 9.17) is 18.9 Å². The number of methoxy groups -OCH3 is 1. The minimum absolute atomic E-state index is 0.102. The fourth-order valence-electron chi connectivity index (χ4n) is 7.05. The molecule has 1 N–H and O–H groups in total. The molecule has 8 heteroatoms. The summed E-state index contributed by atoms with van der Waals surface area (Å²) >= 11 is 0. The second-order valence-electron chi connectivity index (χ2n) is 11.3. The molecule has 1 aromatic rings. The van der Waals surface area contributed by atoms with Gasteiger partial charge in [0.05, 0.1) is 19.8 Å². The molecule has 0 amide bonds. The SMILES string of the molecule is COC(=O)COc1cccc2c1C[C@H]1C[C@@H](O)[C@H](CC[C@H]3CCCC(C)N4CCO[C@H](C4)C(=O)O3)[C@H]1C2. The molecular weight excluding hydrogens is 474 g/mol. The van der Waals surface area contributed by atoms with Crippen LogP contribution in [-0.2, 0) is 36.6 Å². The highest BCUT2D eigenvalue weighted by Crippen LogP contribution is 2.48. The van der Waals surface area contributed by atoms with Gasteiger partial charge in [-0.15, -0.1) is 0 Å². The lowest BCUT2D eigenvalue weighted by Crippen LogP contribution is -2.51. The van der Waals surface area contributed by atoms with Crippen molar-refractivity contribution in [2.45, 2.75) is 82.6 Å². The Morgan fingerprint density at radius 1 is 1.22 bits per heavy atom. The van der Waals surface area contributed by atoms with Crippen LogP contribution in [0.4, 0.5) is 0 Å². The molecule has 2 heterocycles. The van der Waals surface area contributed by atoms with Crippen molar-refractivity contribution in [1.82, 2.24) is 4.90 Å². The molecule has 8 atom stereocenters. The Morgan fingerprint density at radius 2 is 2.08 bits per heavy atom. The normalized spacial score (nSPS) is 35.6. The van der Waals surface area contributed by atoms with Crippen LogP contribution in [-0.4, -0.2) is 79.7 Å². The molecule has 37 heavy (non-hydrogen) atoms. The summed E-state index contributed by atoms with van der Waals surface area (Å²) in [5, 5.41) is 11.1. The number of morpholine rings is 1. The summed E-state index contributed by atoms with van der Waals surface area (Å²) in [6, 6.07) is 6.46. The van der Waals surface area contributed by atoms with Gasteiger partial charge in [-0.25, -0.2) is 9.59 Å². The first kappa shape index (κ1) is 26.4. The van der Waals surface area contributed by atoms with E-state index in [0.29, 0.717) is 31.0 Å². The standard InChI is InChI=1S/C29H41NO7/c1-18-5-3-7-21(37-29(33)27-16-30(18)11-12-35-27)9-10-22-23-13-19-6-4-8-26(36-17-28(32)34-2)24(19)14-20(23)15-25(22)31/h4,6,8,18,20-23,25,27,31H,3,5,7,9-17H2,1-2H3/t18?,20-,21+,22+,23-,25+,27+/m0/s1. The van der Waals surface area contributed by atoms with Crippen LogP contribution in [0.25, 0.3) is 0 Å². The Hall–Kier alpha value is -2.16. The highest BCUT2D eigenvalue weighted by atomic mass is 16.6. The number of carbonyl (C=O) groups is 2. The molecule has 2 bridgehead atoms. The first-order valence-corrected chi connectivity index (χ1v) is 14.0. The predicted octanol–water partition coefficient (Wildman–Crippen LogP) is 2.92. The van der Waals surface area contributed by atoms with E-state index in [1.54, 1.807) is 0 Å². The lowest BCUT2D eigenvalue weighted by Gasteiger charge is -2.38. The van der Waals surface area contributed by atoms with Crippen molar-refractivity contribution in [2.24, 2.45) is 17.8 Å². The maximum Gasteiger partial charge on any atom is 0.343 e. The summed E-state index contributed by atoms with van der Waals surface area (Å²) in [4.78, 5) is 26.8. The number of esters is 2. The van der Waals surface area contributed by atoms with Crippen molar-refractivity contribution in [3.63, 3.8) is 0 Å². The van der Waals surface area contributed by atoms with Crippen LogP contribution >= 0.6 is 0 Å². The molecule has 2 unspecified atom stereocenters. The van der Waals surface area contributed by atoms with Crippen molar-refractivity contribution in [2.75, 3.05) is 33.4 Å². The fourth-order valence-corrected chi connectivity index (χ4v) is 7.05. The maximum absolute atomic E-state index is 12.9. The topological polar surface area (TPSA) is 94.5 Å². The number of cyclic esters (lactones) is 1. The maximum atomic E-state index is 12.9. The molecule has 1 saturated carbocycles. The van der Waals surface area contributed by atoms with Gasteiger partial charge in [0, 0.05) is 19.1 Å². The first-order chi connectivity index (χ1) is 17.9. The van der Waals surface area contributed by atoms with E-state index in [1.807, 2.05) is 12.1 Å². The van der Waals surface area contributed by atoms with E-state index in [1.165, 1.54) is 12.7 Å². The number of ether oxygens (including phenoxy) is 4. The van der Waals surface area contributed by atoms with Crippen LogP contribution in [0, 0.1) is 17.8 Å². The molecule has 1 aromatic carbocycles. The number of carbonyl (C=O) groups excluding carboxylic acids is 2. The van der Waals surface area contributed by atoms with E-state index in [2.05, 4.69) is 17.9 Å². The van der Waals surface area contributed by atoms with Crippen molar-refractivity contribution >= 4 is 11.9 Å². The third-order valence-corrected chi connectivity index (χ3v) is 9.16. The number of benzene rings is 1. The van der Waals surface area contributed by atoms with E-state index in [9.17, 15) is 14.7 Å². The Labute approximate surface area is 219 Å². The van der Waals surface area contributed by atoms with Crippen LogP contribution in [0.1, 0.15) is 56.6 Å². The zero-order chi connectivity index (χ0) is 25.9. The number of nitrogens with zero attached hydrogens (tertiary/aromatic N) is 1. The summed E-state index contributed by atoms with van der Waals surface area (Å²) in [7, 11) is 1.36. The van der Waals surface area contributed by atoms with Crippen LogP contribution in [0.5, 0.6) is 5.75 Å².